The number of ether oxygens (including phenoxy) is 1. The topological polar surface area (TPSA) is 63.6 Å². The van der Waals surface area contributed by atoms with Gasteiger partial charge in [-0.3, -0.25) is 0 Å². The molecule has 1 unspecified atom stereocenters. The molecule has 0 aromatic heterocycles. The van der Waals surface area contributed by atoms with E-state index >= 15 is 0 Å². The molecule has 0 spiro atoms. The molecule has 0 bridgehead atoms. The number of rotatable bonds is 9. The standard InChI is InChI=1S/C15H19ClO4/c1-2-3-9-20-15(7-8-17,14(18)19)11-12-5-4-6-13(16)10-12/h4-6,8,10H,2-3,7,9,11H2,1H3,(H,18,19). The first-order valence-corrected chi connectivity index (χ1v) is 6.97. The Balaban J connectivity index is 2.95. The number of aldehydes is 1. The number of aliphatic carboxylic acids is 1. The maximum absolute atomic E-state index is 11.6. The molecule has 1 aromatic rings. The SMILES string of the molecule is CCCCOC(CC=O)(Cc1cccc(Cl)c1)C(=O)O. The Labute approximate surface area is 123 Å². The number of carboxylic acid groups (broad SMARTS) is 1. The van der Waals surface area contributed by atoms with E-state index < -0.39 is 11.6 Å². The molecular formula is C15H19ClO4. The number of carbonyl (C=O) groups is 2. The van der Waals surface area contributed by atoms with Crippen molar-refractivity contribution in [1.29, 1.82) is 0 Å². The highest BCUT2D eigenvalue weighted by Gasteiger charge is 2.39. The Morgan fingerprint density at radius 3 is 2.80 bits per heavy atom. The first-order valence-electron chi connectivity index (χ1n) is 6.59. The van der Waals surface area contributed by atoms with Gasteiger partial charge in [0.05, 0.1) is 0 Å². The van der Waals surface area contributed by atoms with E-state index in [0.29, 0.717) is 17.9 Å². The van der Waals surface area contributed by atoms with Crippen molar-refractivity contribution < 1.29 is 19.4 Å². The van der Waals surface area contributed by atoms with E-state index in [0.717, 1.165) is 18.4 Å². The second-order valence-corrected chi connectivity index (χ2v) is 5.12. The smallest absolute Gasteiger partial charge is 0.336 e. The van der Waals surface area contributed by atoms with Gasteiger partial charge in [0.1, 0.15) is 6.29 Å². The number of unbranched alkanes of at least 4 members (excludes halogenated alkanes) is 1. The zero-order valence-electron chi connectivity index (χ0n) is 11.5. The van der Waals surface area contributed by atoms with Gasteiger partial charge < -0.3 is 14.6 Å². The van der Waals surface area contributed by atoms with E-state index in [2.05, 4.69) is 0 Å². The third-order valence-electron chi connectivity index (χ3n) is 3.06. The van der Waals surface area contributed by atoms with Gasteiger partial charge >= 0.3 is 5.97 Å². The second-order valence-electron chi connectivity index (χ2n) is 4.68. The van der Waals surface area contributed by atoms with Crippen LogP contribution in [0.4, 0.5) is 0 Å². The fraction of sp³-hybridized carbons (Fsp3) is 0.467. The fourth-order valence-corrected chi connectivity index (χ4v) is 2.14. The summed E-state index contributed by atoms with van der Waals surface area (Å²) in [5.41, 5.74) is -0.778. The van der Waals surface area contributed by atoms with Gasteiger partial charge in [-0.15, -0.1) is 0 Å². The van der Waals surface area contributed by atoms with Crippen LogP contribution >= 0.6 is 11.6 Å². The molecule has 0 amide bonds. The summed E-state index contributed by atoms with van der Waals surface area (Å²) in [6, 6.07) is 6.92. The van der Waals surface area contributed by atoms with E-state index in [1.54, 1.807) is 24.3 Å². The molecule has 1 rings (SSSR count). The number of hydrogen-bond acceptors (Lipinski definition) is 3. The van der Waals surface area contributed by atoms with Crippen molar-refractivity contribution in [2.45, 2.75) is 38.2 Å². The van der Waals surface area contributed by atoms with Crippen molar-refractivity contribution in [2.24, 2.45) is 0 Å². The third kappa shape index (κ3) is 4.62. The molecule has 0 saturated carbocycles. The minimum Gasteiger partial charge on any atom is -0.479 e. The molecule has 20 heavy (non-hydrogen) atoms. The summed E-state index contributed by atoms with van der Waals surface area (Å²) < 4.78 is 5.54. The normalized spacial score (nSPS) is 13.7. The lowest BCUT2D eigenvalue weighted by Gasteiger charge is -2.28. The van der Waals surface area contributed by atoms with Crippen LogP contribution in [-0.2, 0) is 20.7 Å². The molecule has 4 nitrogen and oxygen atoms in total. The predicted octanol–water partition coefficient (Wildman–Crippen LogP) is 3.11. The number of carboxylic acids is 1. The van der Waals surface area contributed by atoms with E-state index in [4.69, 9.17) is 16.3 Å². The van der Waals surface area contributed by atoms with Crippen molar-refractivity contribution in [2.75, 3.05) is 6.61 Å². The molecule has 0 saturated heterocycles. The number of hydrogen-bond donors (Lipinski definition) is 1. The van der Waals surface area contributed by atoms with Gasteiger partial charge in [0, 0.05) is 24.5 Å². The van der Waals surface area contributed by atoms with E-state index in [1.165, 1.54) is 0 Å². The van der Waals surface area contributed by atoms with Gasteiger partial charge in [0.15, 0.2) is 5.60 Å². The molecule has 5 heteroatoms. The van der Waals surface area contributed by atoms with Crippen LogP contribution < -0.4 is 0 Å². The monoisotopic (exact) mass is 298 g/mol. The maximum Gasteiger partial charge on any atom is 0.336 e. The molecule has 0 radical (unpaired) electrons. The molecule has 0 fully saturated rings. The van der Waals surface area contributed by atoms with Gasteiger partial charge in [-0.05, 0) is 24.1 Å². The van der Waals surface area contributed by atoms with Gasteiger partial charge in [-0.25, -0.2) is 4.79 Å². The second kappa shape index (κ2) is 8.02. The molecule has 0 aliphatic heterocycles. The minimum absolute atomic E-state index is 0.116. The molecule has 1 aromatic carbocycles. The van der Waals surface area contributed by atoms with Gasteiger partial charge in [-0.2, -0.15) is 0 Å². The highest BCUT2D eigenvalue weighted by molar-refractivity contribution is 6.30. The third-order valence-corrected chi connectivity index (χ3v) is 3.29. The van der Waals surface area contributed by atoms with Crippen LogP contribution in [0.2, 0.25) is 5.02 Å². The van der Waals surface area contributed by atoms with Crippen LogP contribution in [0.1, 0.15) is 31.7 Å². The molecule has 0 heterocycles. The molecule has 0 aliphatic rings. The summed E-state index contributed by atoms with van der Waals surface area (Å²) in [4.78, 5) is 22.4. The Morgan fingerprint density at radius 1 is 1.50 bits per heavy atom. The first-order chi connectivity index (χ1) is 9.54. The molecular weight excluding hydrogens is 280 g/mol. The van der Waals surface area contributed by atoms with Crippen molar-refractivity contribution in [3.63, 3.8) is 0 Å². The van der Waals surface area contributed by atoms with Crippen LogP contribution in [-0.4, -0.2) is 29.6 Å². The summed E-state index contributed by atoms with van der Waals surface area (Å²) >= 11 is 5.90. The van der Waals surface area contributed by atoms with E-state index in [1.807, 2.05) is 6.92 Å². The van der Waals surface area contributed by atoms with E-state index in [-0.39, 0.29) is 12.8 Å². The summed E-state index contributed by atoms with van der Waals surface area (Å²) in [6.45, 7) is 2.31. The quantitative estimate of drug-likeness (QED) is 0.562. The molecule has 1 atom stereocenters. The van der Waals surface area contributed by atoms with Crippen LogP contribution in [0.5, 0.6) is 0 Å². The minimum atomic E-state index is -1.51. The van der Waals surface area contributed by atoms with Crippen LogP contribution in [0.3, 0.4) is 0 Å². The number of carbonyl (C=O) groups excluding carboxylic acids is 1. The van der Waals surface area contributed by atoms with Gasteiger partial charge in [0.2, 0.25) is 0 Å². The van der Waals surface area contributed by atoms with Gasteiger partial charge in [0.25, 0.3) is 0 Å². The highest BCUT2D eigenvalue weighted by atomic mass is 35.5. The number of benzene rings is 1. The Morgan fingerprint density at radius 2 is 2.25 bits per heavy atom. The fourth-order valence-electron chi connectivity index (χ4n) is 1.93. The lowest BCUT2D eigenvalue weighted by atomic mass is 9.91. The molecule has 1 N–H and O–H groups in total. The lowest BCUT2D eigenvalue weighted by Crippen LogP contribution is -2.44. The zero-order chi connectivity index (χ0) is 15.0. The van der Waals surface area contributed by atoms with Crippen molar-refractivity contribution in [3.05, 3.63) is 34.9 Å². The largest absolute Gasteiger partial charge is 0.479 e. The Bertz CT molecular complexity index is 461. The molecule has 0 aliphatic carbocycles. The molecule has 110 valence electrons. The highest BCUT2D eigenvalue weighted by Crippen LogP contribution is 2.24. The van der Waals surface area contributed by atoms with Gasteiger partial charge in [-0.1, -0.05) is 37.1 Å². The summed E-state index contributed by atoms with van der Waals surface area (Å²) in [5, 5.41) is 10.00. The van der Waals surface area contributed by atoms with Crippen LogP contribution in [0, 0.1) is 0 Å². The van der Waals surface area contributed by atoms with Crippen molar-refractivity contribution in [1.82, 2.24) is 0 Å². The summed E-state index contributed by atoms with van der Waals surface area (Å²) in [6.07, 6.45) is 2.17. The van der Waals surface area contributed by atoms with Crippen molar-refractivity contribution >= 4 is 23.9 Å². The average molecular weight is 299 g/mol. The van der Waals surface area contributed by atoms with Crippen LogP contribution in [0.15, 0.2) is 24.3 Å². The zero-order valence-corrected chi connectivity index (χ0v) is 12.2. The van der Waals surface area contributed by atoms with E-state index in [9.17, 15) is 14.7 Å². The lowest BCUT2D eigenvalue weighted by molar-refractivity contribution is -0.168. The Hall–Kier alpha value is -1.39. The summed E-state index contributed by atoms with van der Waals surface area (Å²) in [5.74, 6) is -1.12. The average Bonchev–Trinajstić information content (AvgIpc) is 2.39. The van der Waals surface area contributed by atoms with Crippen molar-refractivity contribution in [3.8, 4) is 0 Å². The maximum atomic E-state index is 11.6. The predicted molar refractivity (Wildman–Crippen MR) is 77.1 cm³/mol. The Kier molecular flexibility index (Phi) is 6.68. The van der Waals surface area contributed by atoms with Crippen LogP contribution in [0.25, 0.3) is 0 Å². The first kappa shape index (κ1) is 16.7. The number of halogens is 1. The summed E-state index contributed by atoms with van der Waals surface area (Å²) in [7, 11) is 0.